The topological polar surface area (TPSA) is 119 Å². The van der Waals surface area contributed by atoms with Crippen molar-refractivity contribution >= 4 is 15.9 Å². The third-order valence-electron chi connectivity index (χ3n) is 4.66. The Kier molecular flexibility index (Phi) is 5.99. The fourth-order valence-corrected chi connectivity index (χ4v) is 3.88. The largest absolute Gasteiger partial charge is 0.496 e. The summed E-state index contributed by atoms with van der Waals surface area (Å²) in [6.07, 6.45) is -0.604. The molecule has 1 saturated heterocycles. The number of carbonyl (C=O) groups is 1. The van der Waals surface area contributed by atoms with E-state index < -0.39 is 28.1 Å². The molecule has 0 radical (unpaired) electrons. The van der Waals surface area contributed by atoms with Crippen LogP contribution in [0.15, 0.2) is 53.4 Å². The number of rotatable bonds is 5. The van der Waals surface area contributed by atoms with Gasteiger partial charge in [-0.3, -0.25) is 4.79 Å². The highest BCUT2D eigenvalue weighted by Gasteiger charge is 2.37. The van der Waals surface area contributed by atoms with Crippen molar-refractivity contribution in [3.63, 3.8) is 0 Å². The predicted octanol–water partition coefficient (Wildman–Crippen LogP) is 0.917. The van der Waals surface area contributed by atoms with Gasteiger partial charge in [-0.2, -0.15) is 0 Å². The molecule has 3 N–H and O–H groups in total. The lowest BCUT2D eigenvalue weighted by molar-refractivity contribution is -0.0811. The number of nitrogens with zero attached hydrogens (tertiary/aromatic N) is 1. The molecule has 2 aromatic carbocycles. The van der Waals surface area contributed by atoms with Gasteiger partial charge in [-0.15, -0.1) is 0 Å². The van der Waals surface area contributed by atoms with Crippen LogP contribution < -0.4 is 9.88 Å². The van der Waals surface area contributed by atoms with Crippen LogP contribution in [0.1, 0.15) is 22.0 Å². The van der Waals surface area contributed by atoms with Crippen molar-refractivity contribution in [2.45, 2.75) is 17.0 Å². The third kappa shape index (κ3) is 4.02. The van der Waals surface area contributed by atoms with Gasteiger partial charge >= 0.3 is 0 Å². The van der Waals surface area contributed by atoms with Crippen LogP contribution in [-0.2, 0) is 14.8 Å². The summed E-state index contributed by atoms with van der Waals surface area (Å²) in [5.74, 6) is -0.200. The molecule has 8 nitrogen and oxygen atoms in total. The minimum atomic E-state index is -3.99. The van der Waals surface area contributed by atoms with Gasteiger partial charge in [0, 0.05) is 6.54 Å². The number of sulfonamides is 1. The lowest BCUT2D eigenvalue weighted by atomic mass is 9.97. The molecule has 3 rings (SSSR count). The molecule has 2 atom stereocenters. The van der Waals surface area contributed by atoms with E-state index in [1.165, 1.54) is 25.3 Å². The fraction of sp³-hybridized carbons (Fsp3) is 0.316. The molecule has 9 heteroatoms. The van der Waals surface area contributed by atoms with Gasteiger partial charge in [0.1, 0.15) is 11.9 Å². The van der Waals surface area contributed by atoms with Crippen LogP contribution in [0.3, 0.4) is 0 Å². The second-order valence-electron chi connectivity index (χ2n) is 6.35. The Bertz CT molecular complexity index is 948. The van der Waals surface area contributed by atoms with Crippen molar-refractivity contribution in [2.24, 2.45) is 5.14 Å². The highest BCUT2D eigenvalue weighted by atomic mass is 32.2. The van der Waals surface area contributed by atoms with Gasteiger partial charge in [0.2, 0.25) is 10.0 Å². The maximum atomic E-state index is 13.4. The van der Waals surface area contributed by atoms with E-state index in [4.69, 9.17) is 14.6 Å². The number of methoxy groups -OCH3 is 1. The molecule has 0 spiro atoms. The van der Waals surface area contributed by atoms with Gasteiger partial charge in [-0.05, 0) is 23.8 Å². The number of carbonyl (C=O) groups excluding carboxylic acids is 1. The van der Waals surface area contributed by atoms with E-state index in [0.717, 1.165) is 5.56 Å². The number of amides is 1. The number of nitrogens with two attached hydrogens (primary N) is 1. The van der Waals surface area contributed by atoms with Gasteiger partial charge in [0.25, 0.3) is 5.91 Å². The third-order valence-corrected chi connectivity index (χ3v) is 5.57. The minimum absolute atomic E-state index is 0.0774. The number of primary sulfonamides is 1. The molecule has 1 heterocycles. The zero-order valence-corrected chi connectivity index (χ0v) is 16.1. The summed E-state index contributed by atoms with van der Waals surface area (Å²) in [5.41, 5.74) is 0.879. The van der Waals surface area contributed by atoms with E-state index in [1.807, 2.05) is 30.3 Å². The van der Waals surface area contributed by atoms with E-state index in [9.17, 15) is 18.3 Å². The van der Waals surface area contributed by atoms with Gasteiger partial charge in [-0.1, -0.05) is 30.3 Å². The first-order valence-corrected chi connectivity index (χ1v) is 10.2. The van der Waals surface area contributed by atoms with E-state index in [1.54, 1.807) is 4.90 Å². The van der Waals surface area contributed by atoms with Crippen molar-refractivity contribution in [3.05, 3.63) is 59.7 Å². The first-order valence-electron chi connectivity index (χ1n) is 8.66. The van der Waals surface area contributed by atoms with E-state index in [-0.39, 0.29) is 36.0 Å². The number of aliphatic hydroxyl groups excluding tert-OH is 1. The molecule has 0 unspecified atom stereocenters. The Hall–Kier alpha value is -2.46. The van der Waals surface area contributed by atoms with Crippen LogP contribution in [0.5, 0.6) is 5.75 Å². The molecule has 0 aromatic heterocycles. The van der Waals surface area contributed by atoms with E-state index in [0.29, 0.717) is 0 Å². The Labute approximate surface area is 163 Å². The van der Waals surface area contributed by atoms with E-state index >= 15 is 0 Å². The number of aliphatic hydroxyl groups is 1. The predicted molar refractivity (Wildman–Crippen MR) is 101 cm³/mol. The molecule has 1 fully saturated rings. The maximum Gasteiger partial charge on any atom is 0.258 e. The van der Waals surface area contributed by atoms with Crippen molar-refractivity contribution in [1.82, 2.24) is 4.90 Å². The minimum Gasteiger partial charge on any atom is -0.496 e. The summed E-state index contributed by atoms with van der Waals surface area (Å²) in [6.45, 7) is 0.257. The Morgan fingerprint density at radius 2 is 2.00 bits per heavy atom. The lowest BCUT2D eigenvalue weighted by Gasteiger charge is -2.41. The van der Waals surface area contributed by atoms with Crippen LogP contribution in [0.2, 0.25) is 0 Å². The number of hydrogen-bond acceptors (Lipinski definition) is 6. The summed E-state index contributed by atoms with van der Waals surface area (Å²) in [4.78, 5) is 14.8. The zero-order valence-electron chi connectivity index (χ0n) is 15.3. The SMILES string of the molecule is COc1ccc(S(N)(=O)=O)cc1C(=O)N1CCO[C@H](CO)[C@H]1c1ccccc1. The molecule has 1 amide bonds. The maximum absolute atomic E-state index is 13.4. The second-order valence-corrected chi connectivity index (χ2v) is 7.91. The molecular weight excluding hydrogens is 384 g/mol. The van der Waals surface area contributed by atoms with Crippen LogP contribution in [-0.4, -0.2) is 57.3 Å². The Morgan fingerprint density at radius 3 is 2.61 bits per heavy atom. The molecule has 0 aliphatic carbocycles. The van der Waals surface area contributed by atoms with Crippen molar-refractivity contribution in [2.75, 3.05) is 26.9 Å². The van der Waals surface area contributed by atoms with Crippen molar-refractivity contribution in [1.29, 1.82) is 0 Å². The Morgan fingerprint density at radius 1 is 1.29 bits per heavy atom. The molecule has 1 aliphatic rings. The molecule has 28 heavy (non-hydrogen) atoms. The van der Waals surface area contributed by atoms with Gasteiger partial charge < -0.3 is 19.5 Å². The zero-order chi connectivity index (χ0) is 20.3. The summed E-state index contributed by atoms with van der Waals surface area (Å²) >= 11 is 0. The average molecular weight is 406 g/mol. The second kappa shape index (κ2) is 8.27. The van der Waals surface area contributed by atoms with Crippen molar-refractivity contribution < 1.29 is 27.8 Å². The standard InChI is InChI=1S/C19H22N2O6S/c1-26-16-8-7-14(28(20,24)25)11-15(16)19(23)21-9-10-27-17(12-22)18(21)13-5-3-2-4-6-13/h2-8,11,17-18,22H,9-10,12H2,1H3,(H2,20,24,25)/t17-,18-/m1/s1. The monoisotopic (exact) mass is 406 g/mol. The van der Waals surface area contributed by atoms with Crippen LogP contribution in [0.4, 0.5) is 0 Å². The van der Waals surface area contributed by atoms with Crippen LogP contribution >= 0.6 is 0 Å². The number of hydrogen-bond donors (Lipinski definition) is 2. The van der Waals surface area contributed by atoms with Crippen molar-refractivity contribution in [3.8, 4) is 5.75 Å². The number of morpholine rings is 1. The fourth-order valence-electron chi connectivity index (χ4n) is 3.34. The summed E-state index contributed by atoms with van der Waals surface area (Å²) in [7, 11) is -2.59. The molecule has 0 saturated carbocycles. The molecule has 2 aromatic rings. The van der Waals surface area contributed by atoms with Gasteiger partial charge in [-0.25, -0.2) is 13.6 Å². The Balaban J connectivity index is 2.06. The van der Waals surface area contributed by atoms with Gasteiger partial charge in [0.15, 0.2) is 0 Å². The highest BCUT2D eigenvalue weighted by Crippen LogP contribution is 2.33. The van der Waals surface area contributed by atoms with E-state index in [2.05, 4.69) is 0 Å². The smallest absolute Gasteiger partial charge is 0.258 e. The number of ether oxygens (including phenoxy) is 2. The molecule has 150 valence electrons. The van der Waals surface area contributed by atoms with Crippen LogP contribution in [0, 0.1) is 0 Å². The lowest BCUT2D eigenvalue weighted by Crippen LogP contribution is -2.49. The first kappa shape index (κ1) is 20.3. The highest BCUT2D eigenvalue weighted by molar-refractivity contribution is 7.89. The summed E-state index contributed by atoms with van der Waals surface area (Å²) < 4.78 is 34.4. The summed E-state index contributed by atoms with van der Waals surface area (Å²) in [5, 5.41) is 15.0. The van der Waals surface area contributed by atoms with Gasteiger partial charge in [0.05, 0.1) is 36.8 Å². The molecule has 1 aliphatic heterocycles. The normalized spacial score (nSPS) is 20.0. The molecular formula is C19H22N2O6S. The first-order chi connectivity index (χ1) is 13.4. The average Bonchev–Trinajstić information content (AvgIpc) is 2.72. The quantitative estimate of drug-likeness (QED) is 0.762. The molecule has 0 bridgehead atoms. The number of benzene rings is 2. The van der Waals surface area contributed by atoms with Crippen LogP contribution in [0.25, 0.3) is 0 Å². The summed E-state index contributed by atoms with van der Waals surface area (Å²) in [6, 6.07) is 12.6.